The molecular weight excluding hydrogens is 292 g/mol. The highest BCUT2D eigenvalue weighted by molar-refractivity contribution is 5.99. The van der Waals surface area contributed by atoms with E-state index in [1.54, 1.807) is 11.0 Å². The molecule has 1 aliphatic heterocycles. The van der Waals surface area contributed by atoms with Gasteiger partial charge in [-0.3, -0.25) is 9.59 Å². The van der Waals surface area contributed by atoms with E-state index in [1.165, 1.54) is 25.1 Å². The number of hydrogen-bond acceptors (Lipinski definition) is 6. The van der Waals surface area contributed by atoms with Crippen LogP contribution in [0, 0.1) is 11.3 Å². The predicted molar refractivity (Wildman–Crippen MR) is 74.5 cm³/mol. The highest BCUT2D eigenvalue weighted by Gasteiger charge is 2.22. The average Bonchev–Trinajstić information content (AvgIpc) is 2.52. The summed E-state index contributed by atoms with van der Waals surface area (Å²) in [6, 6.07) is 0.665. The number of piperazine rings is 1. The quantitative estimate of drug-likeness (QED) is 0.523. The Kier molecular flexibility index (Phi) is 6.19. The van der Waals surface area contributed by atoms with Crippen molar-refractivity contribution in [3.05, 3.63) is 11.8 Å². The van der Waals surface area contributed by atoms with Crippen LogP contribution in [0.15, 0.2) is 11.8 Å². The zero-order chi connectivity index (χ0) is 16.7. The third-order valence-electron chi connectivity index (χ3n) is 3.14. The SMILES string of the molecule is COC(=O)N1CCN(/C=C(/C#N)C(=O)NC(C)C(=O)O)CC1. The van der Waals surface area contributed by atoms with E-state index in [9.17, 15) is 14.4 Å². The standard InChI is InChI=1S/C13H18N4O5/c1-9(12(19)20)15-11(18)10(7-14)8-16-3-5-17(6-4-16)13(21)22-2/h8-9H,3-6H2,1-2H3,(H,15,18)(H,19,20)/b10-8-. The normalized spacial score (nSPS) is 16.5. The Morgan fingerprint density at radius 3 is 2.36 bits per heavy atom. The lowest BCUT2D eigenvalue weighted by atomic mass is 10.2. The van der Waals surface area contributed by atoms with Gasteiger partial charge < -0.3 is 25.0 Å². The lowest BCUT2D eigenvalue weighted by molar-refractivity contribution is -0.140. The Morgan fingerprint density at radius 1 is 1.32 bits per heavy atom. The number of carboxylic acid groups (broad SMARTS) is 1. The van der Waals surface area contributed by atoms with Gasteiger partial charge in [-0.05, 0) is 6.92 Å². The molecule has 2 N–H and O–H groups in total. The van der Waals surface area contributed by atoms with Gasteiger partial charge in [-0.1, -0.05) is 0 Å². The molecule has 1 rings (SSSR count). The van der Waals surface area contributed by atoms with Crippen LogP contribution in [0.25, 0.3) is 0 Å². The van der Waals surface area contributed by atoms with Gasteiger partial charge in [0.15, 0.2) is 0 Å². The second-order valence-corrected chi connectivity index (χ2v) is 4.68. The molecule has 22 heavy (non-hydrogen) atoms. The van der Waals surface area contributed by atoms with Gasteiger partial charge in [0.1, 0.15) is 17.7 Å². The molecule has 0 aliphatic carbocycles. The maximum absolute atomic E-state index is 11.8. The third kappa shape index (κ3) is 4.66. The molecule has 9 heteroatoms. The molecule has 0 radical (unpaired) electrons. The van der Waals surface area contributed by atoms with Crippen LogP contribution in [0.1, 0.15) is 6.92 Å². The minimum atomic E-state index is -1.18. The van der Waals surface area contributed by atoms with Crippen molar-refractivity contribution < 1.29 is 24.2 Å². The van der Waals surface area contributed by atoms with Gasteiger partial charge >= 0.3 is 12.1 Å². The summed E-state index contributed by atoms with van der Waals surface area (Å²) < 4.78 is 4.61. The van der Waals surface area contributed by atoms with Gasteiger partial charge in [0.25, 0.3) is 5.91 Å². The van der Waals surface area contributed by atoms with Crippen molar-refractivity contribution in [3.63, 3.8) is 0 Å². The molecule has 1 unspecified atom stereocenters. The number of ether oxygens (including phenoxy) is 1. The van der Waals surface area contributed by atoms with E-state index in [2.05, 4.69) is 10.1 Å². The molecule has 120 valence electrons. The number of nitriles is 1. The molecule has 0 saturated carbocycles. The number of nitrogens with one attached hydrogen (secondary N) is 1. The summed E-state index contributed by atoms with van der Waals surface area (Å²) in [5, 5.41) is 20.0. The summed E-state index contributed by atoms with van der Waals surface area (Å²) in [5.41, 5.74) is -0.181. The van der Waals surface area contributed by atoms with Gasteiger partial charge in [0.05, 0.1) is 7.11 Å². The Balaban J connectivity index is 2.63. The summed E-state index contributed by atoms with van der Waals surface area (Å²) in [6.07, 6.45) is 0.954. The van der Waals surface area contributed by atoms with Crippen molar-refractivity contribution >= 4 is 18.0 Å². The highest BCUT2D eigenvalue weighted by Crippen LogP contribution is 2.06. The van der Waals surface area contributed by atoms with Crippen molar-refractivity contribution in [1.29, 1.82) is 5.26 Å². The Bertz CT molecular complexity index is 517. The number of carbonyl (C=O) groups is 3. The van der Waals surface area contributed by atoms with E-state index in [1.807, 2.05) is 0 Å². The van der Waals surface area contributed by atoms with Crippen LogP contribution < -0.4 is 5.32 Å². The predicted octanol–water partition coefficient (Wildman–Crippen LogP) is -0.633. The van der Waals surface area contributed by atoms with Crippen molar-refractivity contribution in [1.82, 2.24) is 15.1 Å². The van der Waals surface area contributed by atoms with Gasteiger partial charge in [-0.15, -0.1) is 0 Å². The van der Waals surface area contributed by atoms with Crippen LogP contribution >= 0.6 is 0 Å². The summed E-state index contributed by atoms with van der Waals surface area (Å²) in [7, 11) is 1.30. The fourth-order valence-electron chi connectivity index (χ4n) is 1.82. The summed E-state index contributed by atoms with van der Waals surface area (Å²) >= 11 is 0. The molecule has 0 aromatic rings. The second kappa shape index (κ2) is 7.87. The average molecular weight is 310 g/mol. The fraction of sp³-hybridized carbons (Fsp3) is 0.538. The van der Waals surface area contributed by atoms with Crippen molar-refractivity contribution in [3.8, 4) is 6.07 Å². The number of amides is 2. The minimum Gasteiger partial charge on any atom is -0.480 e. The number of nitrogens with zero attached hydrogens (tertiary/aromatic N) is 3. The number of carbonyl (C=O) groups excluding carboxylic acids is 2. The van der Waals surface area contributed by atoms with E-state index in [0.717, 1.165) is 0 Å². The first-order valence-corrected chi connectivity index (χ1v) is 6.61. The van der Waals surface area contributed by atoms with Crippen LogP contribution in [0.3, 0.4) is 0 Å². The second-order valence-electron chi connectivity index (χ2n) is 4.68. The number of rotatable bonds is 4. The van der Waals surface area contributed by atoms with E-state index in [0.29, 0.717) is 26.2 Å². The van der Waals surface area contributed by atoms with Gasteiger partial charge in [0, 0.05) is 32.4 Å². The van der Waals surface area contributed by atoms with Crippen molar-refractivity contribution in [2.45, 2.75) is 13.0 Å². The molecule has 0 bridgehead atoms. The smallest absolute Gasteiger partial charge is 0.409 e. The van der Waals surface area contributed by atoms with Crippen LogP contribution in [0.5, 0.6) is 0 Å². The zero-order valence-electron chi connectivity index (χ0n) is 12.4. The highest BCUT2D eigenvalue weighted by atomic mass is 16.5. The first kappa shape index (κ1) is 17.3. The Hall–Kier alpha value is -2.76. The van der Waals surface area contributed by atoms with Crippen molar-refractivity contribution in [2.75, 3.05) is 33.3 Å². The summed E-state index contributed by atoms with van der Waals surface area (Å²) in [5.74, 6) is -1.93. The summed E-state index contributed by atoms with van der Waals surface area (Å²) in [6.45, 7) is 3.03. The third-order valence-corrected chi connectivity index (χ3v) is 3.14. The van der Waals surface area contributed by atoms with E-state index >= 15 is 0 Å². The van der Waals surface area contributed by atoms with E-state index in [4.69, 9.17) is 10.4 Å². The first-order valence-electron chi connectivity index (χ1n) is 6.61. The van der Waals surface area contributed by atoms with Crippen LogP contribution in [-0.2, 0) is 14.3 Å². The monoisotopic (exact) mass is 310 g/mol. The summed E-state index contributed by atoms with van der Waals surface area (Å²) in [4.78, 5) is 37.1. The van der Waals surface area contributed by atoms with Crippen LogP contribution in [0.2, 0.25) is 0 Å². The van der Waals surface area contributed by atoms with E-state index in [-0.39, 0.29) is 5.57 Å². The Labute approximate surface area is 127 Å². The molecule has 0 aromatic heterocycles. The van der Waals surface area contributed by atoms with E-state index < -0.39 is 24.0 Å². The molecule has 0 spiro atoms. The molecule has 1 saturated heterocycles. The first-order chi connectivity index (χ1) is 10.4. The molecule has 0 aromatic carbocycles. The minimum absolute atomic E-state index is 0.181. The fourth-order valence-corrected chi connectivity index (χ4v) is 1.82. The Morgan fingerprint density at radius 2 is 1.91 bits per heavy atom. The van der Waals surface area contributed by atoms with Gasteiger partial charge in [-0.25, -0.2) is 4.79 Å². The topological polar surface area (TPSA) is 123 Å². The molecular formula is C13H18N4O5. The maximum Gasteiger partial charge on any atom is 0.409 e. The number of carboxylic acids is 1. The molecule has 1 fully saturated rings. The number of aliphatic carboxylic acids is 1. The molecule has 9 nitrogen and oxygen atoms in total. The maximum atomic E-state index is 11.8. The molecule has 1 atom stereocenters. The van der Waals surface area contributed by atoms with Gasteiger partial charge in [0.2, 0.25) is 0 Å². The zero-order valence-corrected chi connectivity index (χ0v) is 12.4. The van der Waals surface area contributed by atoms with Gasteiger partial charge in [-0.2, -0.15) is 5.26 Å². The van der Waals surface area contributed by atoms with Crippen LogP contribution in [0.4, 0.5) is 4.79 Å². The van der Waals surface area contributed by atoms with Crippen LogP contribution in [-0.4, -0.2) is 72.2 Å². The largest absolute Gasteiger partial charge is 0.480 e. The number of hydrogen-bond donors (Lipinski definition) is 2. The number of methoxy groups -OCH3 is 1. The lowest BCUT2D eigenvalue weighted by Crippen LogP contribution is -2.47. The molecule has 1 heterocycles. The van der Waals surface area contributed by atoms with Crippen molar-refractivity contribution in [2.24, 2.45) is 0 Å². The lowest BCUT2D eigenvalue weighted by Gasteiger charge is -2.33. The molecule has 1 aliphatic rings. The molecule has 2 amide bonds.